The molecular weight excluding hydrogens is 376 g/mol. The van der Waals surface area contributed by atoms with Crippen LogP contribution in [0.25, 0.3) is 0 Å². The number of amides is 2. The molecule has 0 fully saturated rings. The Morgan fingerprint density at radius 3 is 2.63 bits per heavy atom. The number of hydrogen-bond acceptors (Lipinski definition) is 4. The second kappa shape index (κ2) is 9.83. The van der Waals surface area contributed by atoms with Crippen molar-refractivity contribution in [2.75, 3.05) is 25.1 Å². The highest BCUT2D eigenvalue weighted by Crippen LogP contribution is 2.34. The molecule has 6 nitrogen and oxygen atoms in total. The third-order valence-electron chi connectivity index (χ3n) is 5.81. The van der Waals surface area contributed by atoms with Gasteiger partial charge in [-0.3, -0.25) is 4.98 Å². The quantitative estimate of drug-likeness (QED) is 0.755. The highest BCUT2D eigenvalue weighted by atomic mass is 16.5. The highest BCUT2D eigenvalue weighted by Gasteiger charge is 2.33. The lowest BCUT2D eigenvalue weighted by Crippen LogP contribution is -2.48. The molecule has 1 aromatic carbocycles. The van der Waals surface area contributed by atoms with Crippen LogP contribution in [0.15, 0.2) is 42.7 Å². The van der Waals surface area contributed by atoms with Gasteiger partial charge in [0.05, 0.1) is 25.0 Å². The first-order chi connectivity index (χ1) is 14.4. The second-order valence-electron chi connectivity index (χ2n) is 8.50. The Labute approximate surface area is 180 Å². The molecule has 2 amide bonds. The molecule has 3 rings (SSSR count). The molecule has 0 unspecified atom stereocenters. The summed E-state index contributed by atoms with van der Waals surface area (Å²) < 4.78 is 5.20. The summed E-state index contributed by atoms with van der Waals surface area (Å²) in [6.07, 6.45) is 4.87. The predicted molar refractivity (Wildman–Crippen MR) is 121 cm³/mol. The Kier molecular flexibility index (Phi) is 7.19. The standard InChI is InChI=1S/C24H34N4O2/c1-17(2)11-13-27-16-18(3)28(19(4)22-10-12-25-15-23(22)27)24(29)26-14-20-6-8-21(30-5)9-7-20/h6-10,12,15,17-19H,11,13-14,16H2,1-5H3,(H,26,29)/t18-,19+/m1/s1. The van der Waals surface area contributed by atoms with Crippen LogP contribution >= 0.6 is 0 Å². The molecule has 1 N–H and O–H groups in total. The van der Waals surface area contributed by atoms with E-state index in [0.29, 0.717) is 12.5 Å². The molecule has 6 heteroatoms. The normalized spacial score (nSPS) is 18.7. The minimum Gasteiger partial charge on any atom is -0.497 e. The zero-order valence-electron chi connectivity index (χ0n) is 18.8. The molecule has 30 heavy (non-hydrogen) atoms. The van der Waals surface area contributed by atoms with Gasteiger partial charge in [-0.15, -0.1) is 0 Å². The third kappa shape index (κ3) is 5.04. The Balaban J connectivity index is 1.76. The van der Waals surface area contributed by atoms with E-state index in [1.54, 1.807) is 7.11 Å². The van der Waals surface area contributed by atoms with Crippen LogP contribution in [0.5, 0.6) is 5.75 Å². The van der Waals surface area contributed by atoms with Crippen molar-refractivity contribution in [2.24, 2.45) is 5.92 Å². The van der Waals surface area contributed by atoms with E-state index >= 15 is 0 Å². The van der Waals surface area contributed by atoms with Crippen LogP contribution < -0.4 is 15.0 Å². The van der Waals surface area contributed by atoms with E-state index in [1.165, 1.54) is 0 Å². The molecule has 0 saturated carbocycles. The number of urea groups is 1. The van der Waals surface area contributed by atoms with Gasteiger partial charge in [-0.2, -0.15) is 0 Å². The van der Waals surface area contributed by atoms with Crippen molar-refractivity contribution < 1.29 is 9.53 Å². The minimum atomic E-state index is -0.0423. The molecule has 1 aliphatic heterocycles. The summed E-state index contributed by atoms with van der Waals surface area (Å²) in [5.41, 5.74) is 3.34. The first kappa shape index (κ1) is 21.9. The lowest BCUT2D eigenvalue weighted by Gasteiger charge is -2.33. The number of fused-ring (bicyclic) bond motifs is 1. The summed E-state index contributed by atoms with van der Waals surface area (Å²) >= 11 is 0. The Hall–Kier alpha value is -2.76. The SMILES string of the molecule is COc1ccc(CNC(=O)N2[C@H](C)CN(CCC(C)C)c3cnccc3[C@@H]2C)cc1. The van der Waals surface area contributed by atoms with Gasteiger partial charge in [0, 0.05) is 37.4 Å². The second-order valence-corrected chi connectivity index (χ2v) is 8.50. The maximum absolute atomic E-state index is 13.2. The topological polar surface area (TPSA) is 57.7 Å². The van der Waals surface area contributed by atoms with Crippen LogP contribution in [-0.4, -0.2) is 42.2 Å². The molecule has 2 atom stereocenters. The van der Waals surface area contributed by atoms with Gasteiger partial charge in [0.25, 0.3) is 0 Å². The molecular formula is C24H34N4O2. The number of carbonyl (C=O) groups excluding carboxylic acids is 1. The van der Waals surface area contributed by atoms with Crippen molar-refractivity contribution in [3.05, 3.63) is 53.9 Å². The zero-order chi connectivity index (χ0) is 21.7. The van der Waals surface area contributed by atoms with Gasteiger partial charge in [0.1, 0.15) is 5.75 Å². The van der Waals surface area contributed by atoms with E-state index in [9.17, 15) is 4.79 Å². The monoisotopic (exact) mass is 410 g/mol. The summed E-state index contributed by atoms with van der Waals surface area (Å²) in [7, 11) is 1.65. The number of pyridine rings is 1. The van der Waals surface area contributed by atoms with Crippen molar-refractivity contribution in [3.63, 3.8) is 0 Å². The van der Waals surface area contributed by atoms with Crippen molar-refractivity contribution >= 4 is 11.7 Å². The Morgan fingerprint density at radius 2 is 1.97 bits per heavy atom. The van der Waals surface area contributed by atoms with E-state index in [2.05, 4.69) is 42.9 Å². The van der Waals surface area contributed by atoms with Crippen LogP contribution in [0.2, 0.25) is 0 Å². The van der Waals surface area contributed by atoms with Crippen molar-refractivity contribution in [3.8, 4) is 5.75 Å². The molecule has 0 bridgehead atoms. The number of anilines is 1. The average molecular weight is 411 g/mol. The number of methoxy groups -OCH3 is 1. The molecule has 0 saturated heterocycles. The number of aromatic nitrogens is 1. The molecule has 162 valence electrons. The average Bonchev–Trinajstić information content (AvgIpc) is 2.85. The summed E-state index contributed by atoms with van der Waals surface area (Å²) in [6, 6.07) is 9.83. The molecule has 0 spiro atoms. The van der Waals surface area contributed by atoms with E-state index in [1.807, 2.05) is 47.6 Å². The molecule has 0 aliphatic carbocycles. The van der Waals surface area contributed by atoms with Gasteiger partial charge < -0.3 is 19.9 Å². The van der Waals surface area contributed by atoms with Crippen LogP contribution in [0, 0.1) is 5.92 Å². The summed E-state index contributed by atoms with van der Waals surface area (Å²) in [4.78, 5) is 21.9. The summed E-state index contributed by atoms with van der Waals surface area (Å²) in [5, 5.41) is 3.10. The van der Waals surface area contributed by atoms with Gasteiger partial charge in [0.15, 0.2) is 0 Å². The fourth-order valence-electron chi connectivity index (χ4n) is 4.07. The molecule has 0 radical (unpaired) electrons. The van der Waals surface area contributed by atoms with E-state index in [-0.39, 0.29) is 18.1 Å². The largest absolute Gasteiger partial charge is 0.497 e. The first-order valence-corrected chi connectivity index (χ1v) is 10.8. The molecule has 2 heterocycles. The highest BCUT2D eigenvalue weighted by molar-refractivity contribution is 5.76. The zero-order valence-corrected chi connectivity index (χ0v) is 18.8. The van der Waals surface area contributed by atoms with Gasteiger partial charge in [0.2, 0.25) is 0 Å². The number of nitrogens with zero attached hydrogens (tertiary/aromatic N) is 3. The first-order valence-electron chi connectivity index (χ1n) is 10.8. The number of benzene rings is 1. The van der Waals surface area contributed by atoms with E-state index < -0.39 is 0 Å². The number of rotatable bonds is 6. The van der Waals surface area contributed by atoms with E-state index in [4.69, 9.17) is 4.74 Å². The number of ether oxygens (including phenoxy) is 1. The molecule has 1 aliphatic rings. The fourth-order valence-corrected chi connectivity index (χ4v) is 4.07. The van der Waals surface area contributed by atoms with Crippen molar-refractivity contribution in [1.82, 2.24) is 15.2 Å². The van der Waals surface area contributed by atoms with Gasteiger partial charge in [-0.1, -0.05) is 26.0 Å². The van der Waals surface area contributed by atoms with Crippen molar-refractivity contribution in [2.45, 2.75) is 52.7 Å². The minimum absolute atomic E-state index is 0.0297. The van der Waals surface area contributed by atoms with Crippen LogP contribution in [-0.2, 0) is 6.54 Å². The van der Waals surface area contributed by atoms with Crippen LogP contribution in [0.4, 0.5) is 10.5 Å². The van der Waals surface area contributed by atoms with Crippen LogP contribution in [0.1, 0.15) is 51.3 Å². The predicted octanol–water partition coefficient (Wildman–Crippen LogP) is 4.62. The van der Waals surface area contributed by atoms with Gasteiger partial charge in [-0.25, -0.2) is 4.79 Å². The van der Waals surface area contributed by atoms with Gasteiger partial charge >= 0.3 is 6.03 Å². The van der Waals surface area contributed by atoms with Gasteiger partial charge in [-0.05, 0) is 49.9 Å². The number of nitrogens with one attached hydrogen (secondary N) is 1. The summed E-state index contributed by atoms with van der Waals surface area (Å²) in [5.74, 6) is 1.44. The third-order valence-corrected chi connectivity index (χ3v) is 5.81. The number of hydrogen-bond donors (Lipinski definition) is 1. The maximum Gasteiger partial charge on any atom is 0.318 e. The number of carbonyl (C=O) groups is 1. The lowest BCUT2D eigenvalue weighted by atomic mass is 10.1. The van der Waals surface area contributed by atoms with E-state index in [0.717, 1.165) is 42.1 Å². The van der Waals surface area contributed by atoms with Crippen LogP contribution in [0.3, 0.4) is 0 Å². The lowest BCUT2D eigenvalue weighted by molar-refractivity contribution is 0.158. The Bertz CT molecular complexity index is 837. The smallest absolute Gasteiger partial charge is 0.318 e. The Morgan fingerprint density at radius 1 is 1.23 bits per heavy atom. The van der Waals surface area contributed by atoms with Crippen molar-refractivity contribution in [1.29, 1.82) is 0 Å². The maximum atomic E-state index is 13.2. The molecule has 1 aromatic heterocycles. The molecule has 2 aromatic rings. The summed E-state index contributed by atoms with van der Waals surface area (Å²) in [6.45, 7) is 11.0. The fraction of sp³-hybridized carbons (Fsp3) is 0.500.